The summed E-state index contributed by atoms with van der Waals surface area (Å²) in [4.78, 5) is 0. The molecular formula is C12H19NO. The smallest absolute Gasteiger partial charge is 0.108 e. The molecule has 0 fully saturated rings. The molecule has 0 spiro atoms. The highest BCUT2D eigenvalue weighted by atomic mass is 16.3. The van der Waals surface area contributed by atoms with Gasteiger partial charge in [0.15, 0.2) is 0 Å². The minimum absolute atomic E-state index is 0.135. The number of hydrogen-bond donors (Lipinski definition) is 1. The summed E-state index contributed by atoms with van der Waals surface area (Å²) in [6.07, 6.45) is 3.12. The van der Waals surface area contributed by atoms with Gasteiger partial charge in [-0.05, 0) is 17.9 Å². The third-order valence-electron chi connectivity index (χ3n) is 3.41. The highest BCUT2D eigenvalue weighted by molar-refractivity contribution is 5.29. The zero-order valence-electron chi connectivity index (χ0n) is 9.26. The second-order valence-electron chi connectivity index (χ2n) is 4.91. The molecule has 1 aromatic heterocycles. The van der Waals surface area contributed by atoms with E-state index in [-0.39, 0.29) is 11.5 Å². The Balaban J connectivity index is 2.40. The average Bonchev–Trinajstić information content (AvgIpc) is 2.55. The number of rotatable bonds is 1. The van der Waals surface area contributed by atoms with Gasteiger partial charge in [0.1, 0.15) is 11.5 Å². The van der Waals surface area contributed by atoms with Gasteiger partial charge in [0.2, 0.25) is 0 Å². The molecule has 0 aromatic carbocycles. The van der Waals surface area contributed by atoms with Crippen LogP contribution in [0.1, 0.15) is 50.3 Å². The first kappa shape index (κ1) is 9.78. The van der Waals surface area contributed by atoms with E-state index in [2.05, 4.69) is 26.8 Å². The molecule has 1 atom stereocenters. The Bertz CT molecular complexity index is 338. The van der Waals surface area contributed by atoms with Crippen molar-refractivity contribution in [2.24, 2.45) is 11.1 Å². The lowest BCUT2D eigenvalue weighted by Crippen LogP contribution is -2.33. The van der Waals surface area contributed by atoms with E-state index in [9.17, 15) is 0 Å². The average molecular weight is 193 g/mol. The van der Waals surface area contributed by atoms with Crippen LogP contribution in [0, 0.1) is 5.41 Å². The Morgan fingerprint density at radius 1 is 1.57 bits per heavy atom. The van der Waals surface area contributed by atoms with Crippen LogP contribution in [-0.4, -0.2) is 0 Å². The van der Waals surface area contributed by atoms with E-state index in [1.54, 1.807) is 0 Å². The molecule has 0 radical (unpaired) electrons. The molecule has 1 heterocycles. The summed E-state index contributed by atoms with van der Waals surface area (Å²) in [5.41, 5.74) is 7.68. The van der Waals surface area contributed by atoms with Crippen LogP contribution in [0.2, 0.25) is 0 Å². The quantitative estimate of drug-likeness (QED) is 0.745. The summed E-state index contributed by atoms with van der Waals surface area (Å²) >= 11 is 0. The van der Waals surface area contributed by atoms with Crippen molar-refractivity contribution in [2.45, 2.75) is 46.1 Å². The van der Waals surface area contributed by atoms with E-state index < -0.39 is 0 Å². The van der Waals surface area contributed by atoms with Gasteiger partial charge in [-0.15, -0.1) is 0 Å². The monoisotopic (exact) mass is 193 g/mol. The van der Waals surface area contributed by atoms with Crippen molar-refractivity contribution in [1.82, 2.24) is 0 Å². The summed E-state index contributed by atoms with van der Waals surface area (Å²) in [6.45, 7) is 6.58. The maximum Gasteiger partial charge on any atom is 0.108 e. The number of fused-ring (bicyclic) bond motifs is 1. The summed E-state index contributed by atoms with van der Waals surface area (Å²) in [5, 5.41) is 0. The van der Waals surface area contributed by atoms with Crippen LogP contribution >= 0.6 is 0 Å². The summed E-state index contributed by atoms with van der Waals surface area (Å²) in [5.74, 6) is 2.19. The van der Waals surface area contributed by atoms with Crippen LogP contribution in [0.15, 0.2) is 10.5 Å². The number of furan rings is 1. The summed E-state index contributed by atoms with van der Waals surface area (Å²) < 4.78 is 5.74. The third kappa shape index (κ3) is 1.38. The maximum absolute atomic E-state index is 6.23. The molecule has 0 aliphatic heterocycles. The van der Waals surface area contributed by atoms with Crippen LogP contribution in [0.25, 0.3) is 0 Å². The lowest BCUT2D eigenvalue weighted by molar-refractivity contribution is 0.235. The topological polar surface area (TPSA) is 39.2 Å². The van der Waals surface area contributed by atoms with Crippen molar-refractivity contribution in [3.05, 3.63) is 23.2 Å². The van der Waals surface area contributed by atoms with Gasteiger partial charge >= 0.3 is 0 Å². The van der Waals surface area contributed by atoms with Crippen molar-refractivity contribution in [3.63, 3.8) is 0 Å². The van der Waals surface area contributed by atoms with Gasteiger partial charge in [-0.1, -0.05) is 20.8 Å². The molecule has 14 heavy (non-hydrogen) atoms. The Kier molecular flexibility index (Phi) is 2.18. The summed E-state index contributed by atoms with van der Waals surface area (Å²) in [6, 6.07) is 2.27. The number of nitrogens with two attached hydrogens (primary N) is 1. The lowest BCUT2D eigenvalue weighted by atomic mass is 9.73. The van der Waals surface area contributed by atoms with Gasteiger partial charge in [-0.3, -0.25) is 0 Å². The van der Waals surface area contributed by atoms with Gasteiger partial charge < -0.3 is 10.2 Å². The molecular weight excluding hydrogens is 174 g/mol. The van der Waals surface area contributed by atoms with Gasteiger partial charge in [0, 0.05) is 24.4 Å². The largest absolute Gasteiger partial charge is 0.466 e. The maximum atomic E-state index is 6.23. The standard InChI is InChI=1S/C12H19NO/c1-4-8-7-9-10(14-8)5-6-12(2,3)11(9)13/h7,11H,4-6,13H2,1-3H3. The van der Waals surface area contributed by atoms with Crippen LogP contribution in [-0.2, 0) is 12.8 Å². The molecule has 1 unspecified atom stereocenters. The van der Waals surface area contributed by atoms with Gasteiger partial charge in [-0.25, -0.2) is 0 Å². The third-order valence-corrected chi connectivity index (χ3v) is 3.41. The zero-order valence-corrected chi connectivity index (χ0v) is 9.26. The zero-order chi connectivity index (χ0) is 10.3. The first-order valence-corrected chi connectivity index (χ1v) is 5.41. The predicted molar refractivity (Wildman–Crippen MR) is 57.1 cm³/mol. The van der Waals surface area contributed by atoms with Crippen LogP contribution < -0.4 is 5.73 Å². The van der Waals surface area contributed by atoms with E-state index >= 15 is 0 Å². The highest BCUT2D eigenvalue weighted by Gasteiger charge is 2.35. The van der Waals surface area contributed by atoms with Crippen molar-refractivity contribution < 1.29 is 4.42 Å². The summed E-state index contributed by atoms with van der Waals surface area (Å²) in [7, 11) is 0. The van der Waals surface area contributed by atoms with Crippen LogP contribution in [0.4, 0.5) is 0 Å². The fourth-order valence-electron chi connectivity index (χ4n) is 2.15. The molecule has 0 amide bonds. The first-order chi connectivity index (χ1) is 6.54. The van der Waals surface area contributed by atoms with Crippen molar-refractivity contribution in [1.29, 1.82) is 0 Å². The fraction of sp³-hybridized carbons (Fsp3) is 0.667. The van der Waals surface area contributed by atoms with E-state index in [0.717, 1.165) is 30.8 Å². The minimum atomic E-state index is 0.135. The fourth-order valence-corrected chi connectivity index (χ4v) is 2.15. The second kappa shape index (κ2) is 3.13. The Morgan fingerprint density at radius 2 is 2.29 bits per heavy atom. The van der Waals surface area contributed by atoms with Crippen molar-refractivity contribution >= 4 is 0 Å². The van der Waals surface area contributed by atoms with E-state index in [1.807, 2.05) is 0 Å². The van der Waals surface area contributed by atoms with Crippen molar-refractivity contribution in [2.75, 3.05) is 0 Å². The minimum Gasteiger partial charge on any atom is -0.466 e. The molecule has 0 saturated heterocycles. The second-order valence-corrected chi connectivity index (χ2v) is 4.91. The first-order valence-electron chi connectivity index (χ1n) is 5.41. The van der Waals surface area contributed by atoms with Crippen molar-refractivity contribution in [3.8, 4) is 0 Å². The molecule has 1 aliphatic rings. The predicted octanol–water partition coefficient (Wildman–Crippen LogP) is 2.81. The van der Waals surface area contributed by atoms with Crippen LogP contribution in [0.3, 0.4) is 0 Å². The normalized spacial score (nSPS) is 24.7. The SMILES string of the molecule is CCc1cc2c(o1)CCC(C)(C)C2N. The van der Waals surface area contributed by atoms with Crippen LogP contribution in [0.5, 0.6) is 0 Å². The highest BCUT2D eigenvalue weighted by Crippen LogP contribution is 2.42. The molecule has 0 bridgehead atoms. The van der Waals surface area contributed by atoms with Gasteiger partial charge in [0.05, 0.1) is 0 Å². The Labute approximate surface area is 85.5 Å². The molecule has 2 nitrogen and oxygen atoms in total. The Hall–Kier alpha value is -0.760. The van der Waals surface area contributed by atoms with E-state index in [0.29, 0.717) is 0 Å². The Morgan fingerprint density at radius 3 is 2.93 bits per heavy atom. The van der Waals surface area contributed by atoms with Gasteiger partial charge in [0.25, 0.3) is 0 Å². The molecule has 0 saturated carbocycles. The lowest BCUT2D eigenvalue weighted by Gasteiger charge is -2.35. The molecule has 78 valence electrons. The molecule has 2 N–H and O–H groups in total. The molecule has 2 heteroatoms. The van der Waals surface area contributed by atoms with E-state index in [1.165, 1.54) is 5.56 Å². The number of hydrogen-bond acceptors (Lipinski definition) is 2. The number of aryl methyl sites for hydroxylation is 2. The molecule has 1 aliphatic carbocycles. The molecule has 1 aromatic rings. The molecule has 2 rings (SSSR count). The van der Waals surface area contributed by atoms with E-state index in [4.69, 9.17) is 10.2 Å². The van der Waals surface area contributed by atoms with Gasteiger partial charge in [-0.2, -0.15) is 0 Å².